The van der Waals surface area contributed by atoms with Gasteiger partial charge in [0.2, 0.25) is 0 Å². The fourth-order valence-corrected chi connectivity index (χ4v) is 1.26. The van der Waals surface area contributed by atoms with E-state index in [0.717, 1.165) is 26.2 Å². The average Bonchev–Trinajstić information content (AvgIpc) is 2.40. The van der Waals surface area contributed by atoms with Gasteiger partial charge in [0.1, 0.15) is 0 Å². The zero-order chi connectivity index (χ0) is 8.10. The number of hydrogen-bond acceptors (Lipinski definition) is 3. The van der Waals surface area contributed by atoms with Crippen molar-refractivity contribution in [2.45, 2.75) is 32.6 Å². The molecular formula is C8H17NO2. The van der Waals surface area contributed by atoms with Crippen LogP contribution in [0.15, 0.2) is 0 Å². The lowest BCUT2D eigenvalue weighted by Gasteiger charge is -2.15. The van der Waals surface area contributed by atoms with Gasteiger partial charge in [-0.2, -0.15) is 0 Å². The van der Waals surface area contributed by atoms with Gasteiger partial charge < -0.3 is 14.8 Å². The van der Waals surface area contributed by atoms with Crippen molar-refractivity contribution in [3.63, 3.8) is 0 Å². The molecule has 1 N–H and O–H groups in total. The van der Waals surface area contributed by atoms with Gasteiger partial charge in [-0.05, 0) is 13.5 Å². The van der Waals surface area contributed by atoms with Crippen LogP contribution in [0.3, 0.4) is 0 Å². The van der Waals surface area contributed by atoms with Crippen molar-refractivity contribution >= 4 is 0 Å². The third-order valence-electron chi connectivity index (χ3n) is 1.79. The Morgan fingerprint density at radius 3 is 2.64 bits per heavy atom. The van der Waals surface area contributed by atoms with Crippen molar-refractivity contribution in [1.82, 2.24) is 5.32 Å². The van der Waals surface area contributed by atoms with Crippen LogP contribution in [0.5, 0.6) is 0 Å². The van der Waals surface area contributed by atoms with Crippen LogP contribution in [-0.4, -0.2) is 32.1 Å². The van der Waals surface area contributed by atoms with E-state index in [2.05, 4.69) is 19.2 Å². The van der Waals surface area contributed by atoms with E-state index in [9.17, 15) is 0 Å². The Balaban J connectivity index is 2.08. The highest BCUT2D eigenvalue weighted by Gasteiger charge is 2.17. The molecule has 0 radical (unpaired) electrons. The fourth-order valence-electron chi connectivity index (χ4n) is 1.26. The van der Waals surface area contributed by atoms with Crippen molar-refractivity contribution in [3.05, 3.63) is 0 Å². The predicted octanol–water partition coefficient (Wildman–Crippen LogP) is 0.747. The number of rotatable bonds is 4. The lowest BCUT2D eigenvalue weighted by molar-refractivity contribution is -0.0514. The van der Waals surface area contributed by atoms with E-state index in [4.69, 9.17) is 9.47 Å². The number of nitrogens with one attached hydrogen (secondary N) is 1. The molecule has 1 aliphatic rings. The molecule has 1 rings (SSSR count). The maximum absolute atomic E-state index is 5.31. The van der Waals surface area contributed by atoms with Crippen LogP contribution in [0.25, 0.3) is 0 Å². The molecule has 0 aromatic rings. The summed E-state index contributed by atoms with van der Waals surface area (Å²) in [5.41, 5.74) is 0. The third kappa shape index (κ3) is 3.18. The summed E-state index contributed by atoms with van der Waals surface area (Å²) >= 11 is 0. The minimum Gasteiger partial charge on any atom is -0.350 e. The van der Waals surface area contributed by atoms with Gasteiger partial charge in [0.15, 0.2) is 6.29 Å². The van der Waals surface area contributed by atoms with Crippen LogP contribution >= 0.6 is 0 Å². The summed E-state index contributed by atoms with van der Waals surface area (Å²) in [6, 6.07) is 0.489. The molecule has 3 heteroatoms. The van der Waals surface area contributed by atoms with Crippen molar-refractivity contribution in [2.24, 2.45) is 0 Å². The maximum Gasteiger partial charge on any atom is 0.159 e. The number of ether oxygens (including phenoxy) is 2. The Hall–Kier alpha value is -0.120. The molecule has 1 fully saturated rings. The first-order valence-electron chi connectivity index (χ1n) is 4.29. The van der Waals surface area contributed by atoms with Gasteiger partial charge in [0, 0.05) is 12.5 Å². The van der Waals surface area contributed by atoms with Crippen LogP contribution in [0.2, 0.25) is 0 Å². The monoisotopic (exact) mass is 159 g/mol. The Morgan fingerprint density at radius 1 is 1.45 bits per heavy atom. The summed E-state index contributed by atoms with van der Waals surface area (Å²) in [5, 5.41) is 3.31. The van der Waals surface area contributed by atoms with Gasteiger partial charge in [-0.1, -0.05) is 6.92 Å². The van der Waals surface area contributed by atoms with E-state index in [1.54, 1.807) is 0 Å². The molecule has 0 spiro atoms. The summed E-state index contributed by atoms with van der Waals surface area (Å²) in [4.78, 5) is 0. The maximum atomic E-state index is 5.31. The summed E-state index contributed by atoms with van der Waals surface area (Å²) in [7, 11) is 0. The first-order valence-corrected chi connectivity index (χ1v) is 4.29. The molecule has 3 nitrogen and oxygen atoms in total. The lowest BCUT2D eigenvalue weighted by Crippen LogP contribution is -2.30. The molecule has 1 atom stereocenters. The van der Waals surface area contributed by atoms with E-state index in [1.807, 2.05) is 0 Å². The molecule has 0 saturated carbocycles. The summed E-state index contributed by atoms with van der Waals surface area (Å²) in [6.07, 6.45) is 0.984. The van der Waals surface area contributed by atoms with Crippen molar-refractivity contribution in [3.8, 4) is 0 Å². The Morgan fingerprint density at radius 2 is 2.09 bits per heavy atom. The van der Waals surface area contributed by atoms with Gasteiger partial charge in [-0.15, -0.1) is 0 Å². The predicted molar refractivity (Wildman–Crippen MR) is 43.4 cm³/mol. The molecule has 1 aliphatic heterocycles. The standard InChI is InChI=1S/C8H17NO2/c1-3-9-7(2)6-8-10-4-5-11-8/h7-9H,3-6H2,1-2H3. The highest BCUT2D eigenvalue weighted by molar-refractivity contribution is 4.63. The zero-order valence-electron chi connectivity index (χ0n) is 7.30. The van der Waals surface area contributed by atoms with Crippen LogP contribution in [0.4, 0.5) is 0 Å². The molecule has 66 valence electrons. The second-order valence-electron chi connectivity index (χ2n) is 2.87. The Kier molecular flexibility index (Phi) is 3.83. The third-order valence-corrected chi connectivity index (χ3v) is 1.79. The largest absolute Gasteiger partial charge is 0.350 e. The molecule has 1 saturated heterocycles. The molecule has 0 aliphatic carbocycles. The van der Waals surface area contributed by atoms with Crippen LogP contribution < -0.4 is 5.32 Å². The summed E-state index contributed by atoms with van der Waals surface area (Å²) < 4.78 is 10.6. The Labute approximate surface area is 68.1 Å². The first kappa shape index (κ1) is 8.97. The van der Waals surface area contributed by atoms with Gasteiger partial charge in [-0.3, -0.25) is 0 Å². The minimum absolute atomic E-state index is 0.0315. The second kappa shape index (κ2) is 4.70. The molecule has 0 bridgehead atoms. The molecule has 11 heavy (non-hydrogen) atoms. The molecule has 0 aromatic carbocycles. The smallest absolute Gasteiger partial charge is 0.159 e. The molecule has 0 amide bonds. The van der Waals surface area contributed by atoms with Crippen molar-refractivity contribution < 1.29 is 9.47 Å². The normalized spacial score (nSPS) is 22.4. The van der Waals surface area contributed by atoms with Gasteiger partial charge >= 0.3 is 0 Å². The highest BCUT2D eigenvalue weighted by atomic mass is 16.7. The fraction of sp³-hybridized carbons (Fsp3) is 1.00. The second-order valence-corrected chi connectivity index (χ2v) is 2.87. The van der Waals surface area contributed by atoms with Crippen LogP contribution in [0.1, 0.15) is 20.3 Å². The summed E-state index contributed by atoms with van der Waals surface area (Å²) in [6.45, 7) is 6.77. The van der Waals surface area contributed by atoms with Crippen molar-refractivity contribution in [1.29, 1.82) is 0 Å². The molecule has 1 unspecified atom stereocenters. The molecule has 1 heterocycles. The van der Waals surface area contributed by atoms with Crippen LogP contribution in [0, 0.1) is 0 Å². The molecular weight excluding hydrogens is 142 g/mol. The SMILES string of the molecule is CCNC(C)CC1OCCO1. The molecule has 0 aromatic heterocycles. The topological polar surface area (TPSA) is 30.5 Å². The van der Waals surface area contributed by atoms with Gasteiger partial charge in [0.05, 0.1) is 13.2 Å². The van der Waals surface area contributed by atoms with Gasteiger partial charge in [-0.25, -0.2) is 0 Å². The minimum atomic E-state index is 0.0315. The van der Waals surface area contributed by atoms with Gasteiger partial charge in [0.25, 0.3) is 0 Å². The van der Waals surface area contributed by atoms with E-state index >= 15 is 0 Å². The summed E-state index contributed by atoms with van der Waals surface area (Å²) in [5.74, 6) is 0. The van der Waals surface area contributed by atoms with E-state index in [-0.39, 0.29) is 6.29 Å². The highest BCUT2D eigenvalue weighted by Crippen LogP contribution is 2.09. The lowest BCUT2D eigenvalue weighted by atomic mass is 10.2. The zero-order valence-corrected chi connectivity index (χ0v) is 7.30. The average molecular weight is 159 g/mol. The van der Waals surface area contributed by atoms with E-state index < -0.39 is 0 Å². The van der Waals surface area contributed by atoms with E-state index in [0.29, 0.717) is 6.04 Å². The first-order chi connectivity index (χ1) is 5.33. The van der Waals surface area contributed by atoms with Crippen molar-refractivity contribution in [2.75, 3.05) is 19.8 Å². The van der Waals surface area contributed by atoms with Crippen LogP contribution in [-0.2, 0) is 9.47 Å². The Bertz CT molecular complexity index is 102. The number of hydrogen-bond donors (Lipinski definition) is 1. The quantitative estimate of drug-likeness (QED) is 0.656. The van der Waals surface area contributed by atoms with E-state index in [1.165, 1.54) is 0 Å².